The van der Waals surface area contributed by atoms with Gasteiger partial charge >= 0.3 is 5.97 Å². The van der Waals surface area contributed by atoms with E-state index in [1.165, 1.54) is 7.11 Å². The zero-order chi connectivity index (χ0) is 29.7. The number of carbonyl (C=O) groups excluding carboxylic acids is 3. The van der Waals surface area contributed by atoms with E-state index in [-0.39, 0.29) is 37.2 Å². The third kappa shape index (κ3) is 5.71. The molecule has 0 bridgehead atoms. The Balaban J connectivity index is 1.43. The number of methoxy groups -OCH3 is 3. The number of rotatable bonds is 9. The Morgan fingerprint density at radius 1 is 0.976 bits per heavy atom. The molecule has 3 aromatic rings. The summed E-state index contributed by atoms with van der Waals surface area (Å²) >= 11 is 0. The van der Waals surface area contributed by atoms with Gasteiger partial charge in [-0.3, -0.25) is 14.4 Å². The Morgan fingerprint density at radius 3 is 2.55 bits per heavy atom. The van der Waals surface area contributed by atoms with Gasteiger partial charge in [0.1, 0.15) is 5.41 Å². The highest BCUT2D eigenvalue weighted by molar-refractivity contribution is 5.93. The van der Waals surface area contributed by atoms with Crippen LogP contribution >= 0.6 is 0 Å². The molecule has 8 nitrogen and oxygen atoms in total. The van der Waals surface area contributed by atoms with Gasteiger partial charge in [-0.25, -0.2) is 0 Å². The SMILES string of the molecule is COC(=O)[C@]12CCCCC=C1N(Cc1cccc3ccccc13)C(=O)[C@H](CC(=O)NCc1ccc(OC)c(OC)c1)C2. The number of hydrogen-bond donors (Lipinski definition) is 1. The topological polar surface area (TPSA) is 94.2 Å². The first-order valence-corrected chi connectivity index (χ1v) is 14.4. The van der Waals surface area contributed by atoms with Gasteiger partial charge in [0.25, 0.3) is 0 Å². The van der Waals surface area contributed by atoms with Crippen molar-refractivity contribution in [2.75, 3.05) is 21.3 Å². The predicted octanol–water partition coefficient (Wildman–Crippen LogP) is 5.53. The minimum atomic E-state index is -0.974. The lowest BCUT2D eigenvalue weighted by Gasteiger charge is -2.46. The summed E-state index contributed by atoms with van der Waals surface area (Å²) in [7, 11) is 4.53. The van der Waals surface area contributed by atoms with Crippen molar-refractivity contribution in [1.29, 1.82) is 0 Å². The summed E-state index contributed by atoms with van der Waals surface area (Å²) in [6, 6.07) is 19.6. The van der Waals surface area contributed by atoms with Crippen molar-refractivity contribution in [2.24, 2.45) is 11.3 Å². The second-order valence-corrected chi connectivity index (χ2v) is 11.0. The van der Waals surface area contributed by atoms with Gasteiger partial charge in [0.15, 0.2) is 11.5 Å². The number of carbonyl (C=O) groups is 3. The molecule has 2 aliphatic rings. The molecule has 0 radical (unpaired) electrons. The molecular formula is C34H38N2O6. The van der Waals surface area contributed by atoms with Crippen LogP contribution in [0.5, 0.6) is 11.5 Å². The van der Waals surface area contributed by atoms with Gasteiger partial charge in [0, 0.05) is 24.6 Å². The molecule has 1 heterocycles. The first-order valence-electron chi connectivity index (χ1n) is 14.4. The van der Waals surface area contributed by atoms with E-state index in [1.54, 1.807) is 25.2 Å². The van der Waals surface area contributed by atoms with Crippen molar-refractivity contribution >= 4 is 28.6 Å². The number of esters is 1. The molecule has 0 unspecified atom stereocenters. The van der Waals surface area contributed by atoms with Crippen molar-refractivity contribution in [2.45, 2.75) is 51.6 Å². The van der Waals surface area contributed by atoms with Crippen LogP contribution in [-0.4, -0.2) is 44.0 Å². The highest BCUT2D eigenvalue weighted by atomic mass is 16.5. The average Bonchev–Trinajstić information content (AvgIpc) is 3.24. The maximum Gasteiger partial charge on any atom is 0.317 e. The molecule has 0 aromatic heterocycles. The summed E-state index contributed by atoms with van der Waals surface area (Å²) in [4.78, 5) is 42.7. The molecule has 2 atom stereocenters. The van der Waals surface area contributed by atoms with E-state index in [1.807, 2.05) is 60.7 Å². The van der Waals surface area contributed by atoms with Crippen LogP contribution in [0, 0.1) is 11.3 Å². The third-order valence-electron chi connectivity index (χ3n) is 8.54. The van der Waals surface area contributed by atoms with Crippen LogP contribution in [0.3, 0.4) is 0 Å². The molecule has 0 saturated carbocycles. The fourth-order valence-electron chi connectivity index (χ4n) is 6.45. The minimum Gasteiger partial charge on any atom is -0.493 e. The van der Waals surface area contributed by atoms with Crippen LogP contribution in [-0.2, 0) is 32.2 Å². The van der Waals surface area contributed by atoms with Crippen LogP contribution in [0.1, 0.15) is 49.7 Å². The molecule has 3 aromatic carbocycles. The second kappa shape index (κ2) is 12.7. The Labute approximate surface area is 246 Å². The van der Waals surface area contributed by atoms with Gasteiger partial charge in [-0.1, -0.05) is 61.0 Å². The quantitative estimate of drug-likeness (QED) is 0.340. The van der Waals surface area contributed by atoms with E-state index in [0.717, 1.165) is 41.2 Å². The Bertz CT molecular complexity index is 1510. The van der Waals surface area contributed by atoms with Crippen molar-refractivity contribution in [3.8, 4) is 11.5 Å². The van der Waals surface area contributed by atoms with Gasteiger partial charge < -0.3 is 24.4 Å². The number of hydrogen-bond acceptors (Lipinski definition) is 6. The molecule has 1 saturated heterocycles. The van der Waals surface area contributed by atoms with Crippen LogP contribution in [0.4, 0.5) is 0 Å². The van der Waals surface area contributed by atoms with Crippen molar-refractivity contribution in [1.82, 2.24) is 10.2 Å². The smallest absolute Gasteiger partial charge is 0.317 e. The van der Waals surface area contributed by atoms with Crippen molar-refractivity contribution < 1.29 is 28.6 Å². The lowest BCUT2D eigenvalue weighted by molar-refractivity contribution is -0.160. The predicted molar refractivity (Wildman–Crippen MR) is 160 cm³/mol. The molecule has 42 heavy (non-hydrogen) atoms. The molecule has 1 fully saturated rings. The largest absolute Gasteiger partial charge is 0.493 e. The number of piperidine rings is 1. The number of allylic oxidation sites excluding steroid dienone is 1. The fourth-order valence-corrected chi connectivity index (χ4v) is 6.45. The van der Waals surface area contributed by atoms with Crippen molar-refractivity contribution in [3.63, 3.8) is 0 Å². The minimum absolute atomic E-state index is 0.0236. The molecule has 5 rings (SSSR count). The molecular weight excluding hydrogens is 532 g/mol. The van der Waals surface area contributed by atoms with E-state index in [9.17, 15) is 14.4 Å². The van der Waals surface area contributed by atoms with E-state index < -0.39 is 11.3 Å². The lowest BCUT2D eigenvalue weighted by Crippen LogP contribution is -2.53. The molecule has 1 aliphatic carbocycles. The van der Waals surface area contributed by atoms with Crippen LogP contribution in [0.2, 0.25) is 0 Å². The standard InChI is InChI=1S/C34H38N2O6/c1-40-28-16-15-23(18-29(28)41-2)21-35-31(37)19-26-20-34(33(39)42-3)17-8-4-5-14-30(34)36(32(26)38)22-25-12-9-11-24-10-6-7-13-27(24)25/h6-7,9-16,18,26H,4-5,8,17,19-22H2,1-3H3,(H,35,37)/t26-,34+/m1/s1. The summed E-state index contributed by atoms with van der Waals surface area (Å²) in [5.41, 5.74) is 1.57. The fraction of sp³-hybridized carbons (Fsp3) is 0.382. The number of likely N-dealkylation sites (tertiary alicyclic amines) is 1. The van der Waals surface area contributed by atoms with Gasteiger partial charge in [-0.2, -0.15) is 0 Å². The molecule has 2 amide bonds. The molecule has 220 valence electrons. The van der Waals surface area contributed by atoms with Crippen LogP contribution < -0.4 is 14.8 Å². The number of nitrogens with one attached hydrogen (secondary N) is 1. The zero-order valence-corrected chi connectivity index (χ0v) is 24.5. The van der Waals surface area contributed by atoms with E-state index in [4.69, 9.17) is 14.2 Å². The summed E-state index contributed by atoms with van der Waals surface area (Å²) in [5, 5.41) is 5.09. The van der Waals surface area contributed by atoms with Gasteiger partial charge in [-0.15, -0.1) is 0 Å². The number of nitrogens with zero attached hydrogens (tertiary/aromatic N) is 1. The van der Waals surface area contributed by atoms with Crippen LogP contribution in [0.25, 0.3) is 10.8 Å². The highest BCUT2D eigenvalue weighted by Gasteiger charge is 2.53. The van der Waals surface area contributed by atoms with E-state index in [2.05, 4.69) is 5.32 Å². The number of ether oxygens (including phenoxy) is 3. The second-order valence-electron chi connectivity index (χ2n) is 11.0. The van der Waals surface area contributed by atoms with Gasteiger partial charge in [0.2, 0.25) is 11.8 Å². The Hall–Kier alpha value is -4.33. The Kier molecular flexibility index (Phi) is 8.80. The number of fused-ring (bicyclic) bond motifs is 2. The average molecular weight is 571 g/mol. The maximum absolute atomic E-state index is 14.2. The normalized spacial score (nSPS) is 20.3. The number of benzene rings is 3. The van der Waals surface area contributed by atoms with Crippen LogP contribution in [0.15, 0.2) is 72.4 Å². The summed E-state index contributed by atoms with van der Waals surface area (Å²) in [6.45, 7) is 0.585. The molecule has 1 aliphatic heterocycles. The van der Waals surface area contributed by atoms with E-state index in [0.29, 0.717) is 30.2 Å². The lowest BCUT2D eigenvalue weighted by atomic mass is 9.69. The highest BCUT2D eigenvalue weighted by Crippen LogP contribution is 2.50. The first kappa shape index (κ1) is 29.2. The molecule has 1 N–H and O–H groups in total. The first-order chi connectivity index (χ1) is 20.4. The van der Waals surface area contributed by atoms with E-state index >= 15 is 0 Å². The monoisotopic (exact) mass is 570 g/mol. The zero-order valence-electron chi connectivity index (χ0n) is 24.5. The van der Waals surface area contributed by atoms with Gasteiger partial charge in [-0.05, 0) is 59.7 Å². The molecule has 0 spiro atoms. The van der Waals surface area contributed by atoms with Gasteiger partial charge in [0.05, 0.1) is 27.9 Å². The molecule has 8 heteroatoms. The maximum atomic E-state index is 14.2. The number of amides is 2. The summed E-state index contributed by atoms with van der Waals surface area (Å²) in [6.07, 6.45) is 5.39. The summed E-state index contributed by atoms with van der Waals surface area (Å²) < 4.78 is 16.0. The third-order valence-corrected chi connectivity index (χ3v) is 8.54. The Morgan fingerprint density at radius 2 is 1.76 bits per heavy atom. The summed E-state index contributed by atoms with van der Waals surface area (Å²) in [5.74, 6) is -0.233. The van der Waals surface area contributed by atoms with Crippen molar-refractivity contribution in [3.05, 3.63) is 83.6 Å².